The lowest BCUT2D eigenvalue weighted by molar-refractivity contribution is 0.446. The summed E-state index contributed by atoms with van der Waals surface area (Å²) < 4.78 is 5.87. The molecule has 1 aromatic carbocycles. The molecule has 0 saturated heterocycles. The van der Waals surface area contributed by atoms with Crippen LogP contribution in [0.3, 0.4) is 0 Å². The zero-order chi connectivity index (χ0) is 11.3. The van der Waals surface area contributed by atoms with E-state index in [1.54, 1.807) is 6.08 Å². The minimum absolute atomic E-state index is 0.861. The fourth-order valence-electron chi connectivity index (χ4n) is 1.20. The monoisotopic (exact) mass is 218 g/mol. The minimum atomic E-state index is -1.53. The largest absolute Gasteiger partial charge is 0.544 e. The van der Waals surface area contributed by atoms with Crippen LogP contribution in [0.2, 0.25) is 19.6 Å². The SMILES string of the molecule is C=C/C(=C/c1ccccc1)O[Si](C)(C)C. The molecule has 0 amide bonds. The Morgan fingerprint density at radius 2 is 1.80 bits per heavy atom. The second-order valence-electron chi connectivity index (χ2n) is 4.38. The average molecular weight is 218 g/mol. The van der Waals surface area contributed by atoms with Crippen molar-refractivity contribution >= 4 is 14.4 Å². The van der Waals surface area contributed by atoms with Gasteiger partial charge in [0.25, 0.3) is 0 Å². The highest BCUT2D eigenvalue weighted by Gasteiger charge is 2.16. The molecule has 0 unspecified atom stereocenters. The highest BCUT2D eigenvalue weighted by Crippen LogP contribution is 2.14. The maximum Gasteiger partial charge on any atom is 0.242 e. The van der Waals surface area contributed by atoms with Gasteiger partial charge in [-0.25, -0.2) is 0 Å². The first-order chi connectivity index (χ1) is 7.01. The first-order valence-electron chi connectivity index (χ1n) is 5.09. The molecule has 0 radical (unpaired) electrons. The average Bonchev–Trinajstić information content (AvgIpc) is 2.16. The molecule has 0 heterocycles. The van der Waals surface area contributed by atoms with E-state index in [0.717, 1.165) is 11.3 Å². The quantitative estimate of drug-likeness (QED) is 0.420. The first-order valence-corrected chi connectivity index (χ1v) is 8.50. The summed E-state index contributed by atoms with van der Waals surface area (Å²) in [5.41, 5.74) is 1.14. The van der Waals surface area contributed by atoms with Crippen LogP contribution in [-0.4, -0.2) is 8.32 Å². The molecule has 0 aliphatic rings. The molecule has 15 heavy (non-hydrogen) atoms. The molecule has 2 heteroatoms. The number of hydrogen-bond acceptors (Lipinski definition) is 1. The van der Waals surface area contributed by atoms with E-state index in [-0.39, 0.29) is 0 Å². The molecular formula is C13H18OSi. The van der Waals surface area contributed by atoms with E-state index in [9.17, 15) is 0 Å². The normalized spacial score (nSPS) is 12.3. The van der Waals surface area contributed by atoms with Gasteiger partial charge in [0.15, 0.2) is 0 Å². The lowest BCUT2D eigenvalue weighted by Crippen LogP contribution is -2.24. The lowest BCUT2D eigenvalue weighted by atomic mass is 10.2. The Balaban J connectivity index is 2.84. The number of hydrogen-bond donors (Lipinski definition) is 0. The van der Waals surface area contributed by atoms with Crippen molar-refractivity contribution in [3.8, 4) is 0 Å². The Hall–Kier alpha value is -1.28. The van der Waals surface area contributed by atoms with Crippen LogP contribution in [0.25, 0.3) is 6.08 Å². The summed E-state index contributed by atoms with van der Waals surface area (Å²) in [6.07, 6.45) is 3.79. The molecule has 1 nitrogen and oxygen atoms in total. The molecule has 0 saturated carbocycles. The molecule has 0 aromatic heterocycles. The van der Waals surface area contributed by atoms with Gasteiger partial charge in [-0.05, 0) is 37.4 Å². The molecule has 0 fully saturated rings. The summed E-state index contributed by atoms with van der Waals surface area (Å²) in [6.45, 7) is 10.3. The van der Waals surface area contributed by atoms with Gasteiger partial charge in [0, 0.05) is 0 Å². The van der Waals surface area contributed by atoms with Gasteiger partial charge in [0.1, 0.15) is 5.76 Å². The van der Waals surface area contributed by atoms with Crippen molar-refractivity contribution < 1.29 is 4.43 Å². The maximum absolute atomic E-state index is 5.87. The van der Waals surface area contributed by atoms with Crippen LogP contribution >= 0.6 is 0 Å². The van der Waals surface area contributed by atoms with Crippen molar-refractivity contribution in [3.63, 3.8) is 0 Å². The summed E-state index contributed by atoms with van der Waals surface area (Å²) >= 11 is 0. The van der Waals surface area contributed by atoms with Gasteiger partial charge in [0.05, 0.1) is 0 Å². The van der Waals surface area contributed by atoms with E-state index in [4.69, 9.17) is 4.43 Å². The summed E-state index contributed by atoms with van der Waals surface area (Å²) in [7, 11) is -1.53. The summed E-state index contributed by atoms with van der Waals surface area (Å²) in [5, 5.41) is 0. The van der Waals surface area contributed by atoms with Crippen LogP contribution in [0.5, 0.6) is 0 Å². The van der Waals surface area contributed by atoms with Crippen LogP contribution in [0.1, 0.15) is 5.56 Å². The van der Waals surface area contributed by atoms with E-state index in [2.05, 4.69) is 38.4 Å². The van der Waals surface area contributed by atoms with E-state index in [1.807, 2.05) is 24.3 Å². The molecule has 1 rings (SSSR count). The molecule has 0 bridgehead atoms. The Kier molecular flexibility index (Phi) is 3.92. The van der Waals surface area contributed by atoms with E-state index in [0.29, 0.717) is 0 Å². The fraction of sp³-hybridized carbons (Fsp3) is 0.231. The first kappa shape index (κ1) is 11.8. The fourth-order valence-corrected chi connectivity index (χ4v) is 2.05. The van der Waals surface area contributed by atoms with Crippen molar-refractivity contribution in [1.82, 2.24) is 0 Å². The van der Waals surface area contributed by atoms with Gasteiger partial charge in [0.2, 0.25) is 8.32 Å². The molecule has 80 valence electrons. The third kappa shape index (κ3) is 4.65. The predicted octanol–water partition coefficient (Wildman–Crippen LogP) is 4.07. The van der Waals surface area contributed by atoms with E-state index in [1.165, 1.54) is 0 Å². The molecular weight excluding hydrogens is 200 g/mol. The molecule has 0 spiro atoms. The second-order valence-corrected chi connectivity index (χ2v) is 8.80. The van der Waals surface area contributed by atoms with Crippen molar-refractivity contribution in [2.75, 3.05) is 0 Å². The second kappa shape index (κ2) is 4.98. The lowest BCUT2D eigenvalue weighted by Gasteiger charge is -2.19. The van der Waals surface area contributed by atoms with Gasteiger partial charge >= 0.3 is 0 Å². The topological polar surface area (TPSA) is 9.23 Å². The summed E-state index contributed by atoms with van der Waals surface area (Å²) in [5.74, 6) is 0.861. The Bertz CT molecular complexity index is 347. The molecule has 0 aliphatic heterocycles. The number of benzene rings is 1. The number of rotatable bonds is 4. The Morgan fingerprint density at radius 1 is 1.20 bits per heavy atom. The molecule has 0 N–H and O–H groups in total. The van der Waals surface area contributed by atoms with Gasteiger partial charge in [-0.3, -0.25) is 0 Å². The standard InChI is InChI=1S/C13H18OSi/c1-5-13(14-15(2,3)4)11-12-9-7-6-8-10-12/h5-11H,1H2,2-4H3/b13-11-. The van der Waals surface area contributed by atoms with Crippen LogP contribution < -0.4 is 0 Å². The van der Waals surface area contributed by atoms with Crippen LogP contribution in [0.4, 0.5) is 0 Å². The zero-order valence-electron chi connectivity index (χ0n) is 9.66. The predicted molar refractivity (Wildman–Crippen MR) is 69.0 cm³/mol. The van der Waals surface area contributed by atoms with Crippen molar-refractivity contribution in [2.24, 2.45) is 0 Å². The van der Waals surface area contributed by atoms with Gasteiger partial charge in [-0.15, -0.1) is 0 Å². The van der Waals surface area contributed by atoms with Crippen molar-refractivity contribution in [2.45, 2.75) is 19.6 Å². The zero-order valence-corrected chi connectivity index (χ0v) is 10.7. The third-order valence-electron chi connectivity index (χ3n) is 1.73. The smallest absolute Gasteiger partial charge is 0.242 e. The Labute approximate surface area is 93.2 Å². The van der Waals surface area contributed by atoms with Crippen LogP contribution in [0, 0.1) is 0 Å². The van der Waals surface area contributed by atoms with E-state index >= 15 is 0 Å². The minimum Gasteiger partial charge on any atom is -0.544 e. The molecule has 0 aliphatic carbocycles. The van der Waals surface area contributed by atoms with Crippen LogP contribution in [0.15, 0.2) is 48.7 Å². The highest BCUT2D eigenvalue weighted by molar-refractivity contribution is 6.70. The van der Waals surface area contributed by atoms with Crippen molar-refractivity contribution in [3.05, 3.63) is 54.3 Å². The summed E-state index contributed by atoms with van der Waals surface area (Å²) in [6, 6.07) is 10.1. The van der Waals surface area contributed by atoms with Crippen LogP contribution in [-0.2, 0) is 4.43 Å². The van der Waals surface area contributed by atoms with Gasteiger partial charge < -0.3 is 4.43 Å². The van der Waals surface area contributed by atoms with Gasteiger partial charge in [-0.2, -0.15) is 0 Å². The molecule has 1 aromatic rings. The highest BCUT2D eigenvalue weighted by atomic mass is 28.4. The van der Waals surface area contributed by atoms with E-state index < -0.39 is 8.32 Å². The summed E-state index contributed by atoms with van der Waals surface area (Å²) in [4.78, 5) is 0. The van der Waals surface area contributed by atoms with Gasteiger partial charge in [-0.1, -0.05) is 36.9 Å². The Morgan fingerprint density at radius 3 is 2.27 bits per heavy atom. The number of allylic oxidation sites excluding steroid dienone is 1. The maximum atomic E-state index is 5.87. The van der Waals surface area contributed by atoms with Crippen molar-refractivity contribution in [1.29, 1.82) is 0 Å². The third-order valence-corrected chi connectivity index (χ3v) is 2.58. The molecule has 0 atom stereocenters.